The fourth-order valence-electron chi connectivity index (χ4n) is 4.01. The molecule has 0 atom stereocenters. The van der Waals surface area contributed by atoms with Crippen LogP contribution in [0.15, 0.2) is 41.0 Å². The van der Waals surface area contributed by atoms with Crippen LogP contribution >= 0.6 is 46.0 Å². The van der Waals surface area contributed by atoms with Crippen molar-refractivity contribution >= 4 is 73.1 Å². The second kappa shape index (κ2) is 9.42. The van der Waals surface area contributed by atoms with Crippen molar-refractivity contribution in [1.82, 2.24) is 9.97 Å². The topological polar surface area (TPSA) is 98.0 Å². The van der Waals surface area contributed by atoms with Crippen molar-refractivity contribution in [1.29, 1.82) is 0 Å². The number of fused-ring (bicyclic) bond motifs is 2. The Labute approximate surface area is 207 Å². The maximum atomic E-state index is 12.8. The van der Waals surface area contributed by atoms with E-state index < -0.39 is 5.91 Å². The van der Waals surface area contributed by atoms with E-state index in [2.05, 4.69) is 15.3 Å². The lowest BCUT2D eigenvalue weighted by atomic mass is 9.95. The number of amides is 2. The Morgan fingerprint density at radius 1 is 1.15 bits per heavy atom. The molecule has 4 aromatic rings. The van der Waals surface area contributed by atoms with Gasteiger partial charge in [-0.05, 0) is 48.9 Å². The van der Waals surface area contributed by atoms with E-state index in [9.17, 15) is 9.59 Å². The standard InChI is InChI=1S/C23H19ClN4O2S3/c24-13-7-5-12(6-8-13)15-9-31-21-19(15)22(27-11-26-21)32-10-17(29)28-23-18(20(25)30)14-3-1-2-4-16(14)33-23/h5-9,11H,1-4,10H2,(H2,25,30)(H,28,29). The van der Waals surface area contributed by atoms with Gasteiger partial charge in [0.2, 0.25) is 5.91 Å². The fourth-order valence-corrected chi connectivity index (χ4v) is 7.24. The second-order valence-corrected chi connectivity index (χ2v) is 11.0. The third-order valence-electron chi connectivity index (χ3n) is 5.50. The van der Waals surface area contributed by atoms with Gasteiger partial charge >= 0.3 is 0 Å². The largest absolute Gasteiger partial charge is 0.365 e. The van der Waals surface area contributed by atoms with Crippen LogP contribution in [0.5, 0.6) is 0 Å². The first kappa shape index (κ1) is 22.3. The Morgan fingerprint density at radius 3 is 2.73 bits per heavy atom. The van der Waals surface area contributed by atoms with Gasteiger partial charge < -0.3 is 11.1 Å². The zero-order valence-electron chi connectivity index (χ0n) is 17.4. The molecule has 10 heteroatoms. The highest BCUT2D eigenvalue weighted by atomic mass is 35.5. The van der Waals surface area contributed by atoms with Crippen molar-refractivity contribution in [3.8, 4) is 11.1 Å². The number of rotatable bonds is 6. The minimum absolute atomic E-state index is 0.156. The summed E-state index contributed by atoms with van der Waals surface area (Å²) in [5.74, 6) is -0.528. The normalized spacial score (nSPS) is 13.1. The Bertz CT molecular complexity index is 1360. The van der Waals surface area contributed by atoms with E-state index in [1.807, 2.05) is 29.6 Å². The monoisotopic (exact) mass is 514 g/mol. The van der Waals surface area contributed by atoms with E-state index in [-0.39, 0.29) is 11.7 Å². The molecule has 2 amide bonds. The van der Waals surface area contributed by atoms with E-state index in [1.54, 1.807) is 0 Å². The lowest BCUT2D eigenvalue weighted by Crippen LogP contribution is -2.19. The number of primary amides is 1. The molecule has 3 aromatic heterocycles. The molecule has 33 heavy (non-hydrogen) atoms. The molecule has 1 aliphatic carbocycles. The number of nitrogens with zero attached hydrogens (tertiary/aromatic N) is 2. The number of nitrogens with two attached hydrogens (primary N) is 1. The predicted octanol–water partition coefficient (Wildman–Crippen LogP) is 5.78. The summed E-state index contributed by atoms with van der Waals surface area (Å²) in [4.78, 5) is 35.7. The van der Waals surface area contributed by atoms with Gasteiger partial charge in [-0.1, -0.05) is 35.5 Å². The van der Waals surface area contributed by atoms with Gasteiger partial charge in [0.1, 0.15) is 21.2 Å². The van der Waals surface area contributed by atoms with Crippen molar-refractivity contribution in [3.63, 3.8) is 0 Å². The van der Waals surface area contributed by atoms with Crippen LogP contribution in [0.1, 0.15) is 33.6 Å². The Hall–Kier alpha value is -2.46. The van der Waals surface area contributed by atoms with E-state index >= 15 is 0 Å². The van der Waals surface area contributed by atoms with Crippen LogP contribution in [0.3, 0.4) is 0 Å². The van der Waals surface area contributed by atoms with E-state index in [0.29, 0.717) is 15.6 Å². The summed E-state index contributed by atoms with van der Waals surface area (Å²) >= 11 is 10.4. The molecular formula is C23H19ClN4O2S3. The quantitative estimate of drug-likeness (QED) is 0.251. The minimum Gasteiger partial charge on any atom is -0.365 e. The first-order chi connectivity index (χ1) is 16.0. The number of carbonyl (C=O) groups excluding carboxylic acids is 2. The molecule has 0 fully saturated rings. The number of aromatic nitrogens is 2. The second-order valence-electron chi connectivity index (χ2n) is 7.63. The van der Waals surface area contributed by atoms with Gasteiger partial charge in [-0.3, -0.25) is 9.59 Å². The minimum atomic E-state index is -0.485. The highest BCUT2D eigenvalue weighted by Gasteiger charge is 2.25. The summed E-state index contributed by atoms with van der Waals surface area (Å²) in [6.07, 6.45) is 5.40. The summed E-state index contributed by atoms with van der Waals surface area (Å²) in [7, 11) is 0. The number of halogens is 1. The van der Waals surface area contributed by atoms with Crippen LogP contribution in [-0.2, 0) is 17.6 Å². The zero-order valence-corrected chi connectivity index (χ0v) is 20.6. The summed E-state index contributed by atoms with van der Waals surface area (Å²) in [5, 5.41) is 7.85. The van der Waals surface area contributed by atoms with Crippen LogP contribution < -0.4 is 11.1 Å². The molecule has 0 saturated heterocycles. The number of aryl methyl sites for hydroxylation is 1. The Kier molecular flexibility index (Phi) is 6.38. The van der Waals surface area contributed by atoms with Gasteiger partial charge in [0, 0.05) is 20.8 Å². The average molecular weight is 515 g/mol. The number of thioether (sulfide) groups is 1. The molecule has 5 rings (SSSR count). The number of carbonyl (C=O) groups is 2. The van der Waals surface area contributed by atoms with Crippen LogP contribution in [0, 0.1) is 0 Å². The molecule has 0 unspecified atom stereocenters. The molecule has 0 bridgehead atoms. The smallest absolute Gasteiger partial charge is 0.251 e. The van der Waals surface area contributed by atoms with E-state index in [4.69, 9.17) is 17.3 Å². The zero-order chi connectivity index (χ0) is 22.9. The van der Waals surface area contributed by atoms with Gasteiger partial charge in [-0.25, -0.2) is 9.97 Å². The molecule has 0 spiro atoms. The third-order valence-corrected chi connectivity index (χ3v) is 8.84. The lowest BCUT2D eigenvalue weighted by Gasteiger charge is -2.11. The molecule has 0 aliphatic heterocycles. The first-order valence-corrected chi connectivity index (χ1v) is 13.4. The van der Waals surface area contributed by atoms with Crippen molar-refractivity contribution in [2.24, 2.45) is 5.73 Å². The highest BCUT2D eigenvalue weighted by molar-refractivity contribution is 8.00. The van der Waals surface area contributed by atoms with Crippen molar-refractivity contribution in [2.45, 2.75) is 30.7 Å². The number of thiophene rings is 2. The Balaban J connectivity index is 1.37. The van der Waals surface area contributed by atoms with E-state index in [0.717, 1.165) is 62.5 Å². The first-order valence-electron chi connectivity index (χ1n) is 10.4. The van der Waals surface area contributed by atoms with Crippen molar-refractivity contribution in [3.05, 3.63) is 57.0 Å². The Morgan fingerprint density at radius 2 is 1.94 bits per heavy atom. The maximum Gasteiger partial charge on any atom is 0.251 e. The molecule has 1 aromatic carbocycles. The summed E-state index contributed by atoms with van der Waals surface area (Å²) in [6, 6.07) is 7.62. The van der Waals surface area contributed by atoms with Gasteiger partial charge in [0.15, 0.2) is 0 Å². The molecule has 3 N–H and O–H groups in total. The van der Waals surface area contributed by atoms with Gasteiger partial charge in [-0.2, -0.15) is 0 Å². The third kappa shape index (κ3) is 4.50. The number of hydrogen-bond acceptors (Lipinski definition) is 7. The molecule has 0 radical (unpaired) electrons. The van der Waals surface area contributed by atoms with Crippen LogP contribution in [0.4, 0.5) is 5.00 Å². The molecule has 0 saturated carbocycles. The molecule has 6 nitrogen and oxygen atoms in total. The number of hydrogen-bond donors (Lipinski definition) is 2. The molecule has 168 valence electrons. The average Bonchev–Trinajstić information content (AvgIpc) is 3.40. The summed E-state index contributed by atoms with van der Waals surface area (Å²) in [6.45, 7) is 0. The van der Waals surface area contributed by atoms with Gasteiger partial charge in [0.25, 0.3) is 5.91 Å². The van der Waals surface area contributed by atoms with Gasteiger partial charge in [-0.15, -0.1) is 22.7 Å². The molecular weight excluding hydrogens is 496 g/mol. The van der Waals surface area contributed by atoms with Crippen LogP contribution in [-0.4, -0.2) is 27.5 Å². The lowest BCUT2D eigenvalue weighted by molar-refractivity contribution is -0.113. The highest BCUT2D eigenvalue weighted by Crippen LogP contribution is 2.39. The number of nitrogens with one attached hydrogen (secondary N) is 1. The summed E-state index contributed by atoms with van der Waals surface area (Å²) < 4.78 is 0. The van der Waals surface area contributed by atoms with Crippen molar-refractivity contribution < 1.29 is 9.59 Å². The van der Waals surface area contributed by atoms with Crippen LogP contribution in [0.2, 0.25) is 5.02 Å². The molecule has 3 heterocycles. The predicted molar refractivity (Wildman–Crippen MR) is 137 cm³/mol. The van der Waals surface area contributed by atoms with Gasteiger partial charge in [0.05, 0.1) is 16.7 Å². The molecule has 1 aliphatic rings. The number of anilines is 1. The maximum absolute atomic E-state index is 12.8. The SMILES string of the molecule is NC(=O)c1c(NC(=O)CSc2ncnc3scc(-c4ccc(Cl)cc4)c23)sc2c1CCCC2. The van der Waals surface area contributed by atoms with Crippen LogP contribution in [0.25, 0.3) is 21.3 Å². The fraction of sp³-hybridized carbons (Fsp3) is 0.217. The van der Waals surface area contributed by atoms with Crippen molar-refractivity contribution in [2.75, 3.05) is 11.1 Å². The number of benzene rings is 1. The summed E-state index contributed by atoms with van der Waals surface area (Å²) in [5.41, 5.74) is 9.15. The van der Waals surface area contributed by atoms with E-state index in [1.165, 1.54) is 40.8 Å².